The van der Waals surface area contributed by atoms with Crippen LogP contribution in [0.3, 0.4) is 0 Å². The summed E-state index contributed by atoms with van der Waals surface area (Å²) in [5.41, 5.74) is 0.769. The van der Waals surface area contributed by atoms with E-state index >= 15 is 0 Å². The molecule has 0 atom stereocenters. The number of benzene rings is 1. The summed E-state index contributed by atoms with van der Waals surface area (Å²) < 4.78 is 10.9. The smallest absolute Gasteiger partial charge is 0.219 e. The molecule has 0 bridgehead atoms. The van der Waals surface area contributed by atoms with E-state index in [0.717, 1.165) is 11.3 Å². The van der Waals surface area contributed by atoms with Gasteiger partial charge in [0, 0.05) is 12.3 Å². The maximum absolute atomic E-state index is 9.02. The summed E-state index contributed by atoms with van der Waals surface area (Å²) in [7, 11) is 0. The van der Waals surface area contributed by atoms with Crippen molar-refractivity contribution in [1.82, 2.24) is 4.98 Å². The van der Waals surface area contributed by atoms with Gasteiger partial charge in [-0.2, -0.15) is 0 Å². The average molecular weight is 245 g/mol. The van der Waals surface area contributed by atoms with Crippen molar-refractivity contribution < 1.29 is 14.6 Å². The highest BCUT2D eigenvalue weighted by Crippen LogP contribution is 2.22. The Bertz CT molecular complexity index is 497. The molecule has 4 heteroatoms. The first kappa shape index (κ1) is 12.4. The maximum atomic E-state index is 9.02. The Balaban J connectivity index is 2.08. The summed E-state index contributed by atoms with van der Waals surface area (Å²) in [4.78, 5) is 4.08. The molecule has 0 saturated carbocycles. The van der Waals surface area contributed by atoms with Crippen molar-refractivity contribution in [2.24, 2.45) is 0 Å². The first-order valence-electron chi connectivity index (χ1n) is 5.78. The van der Waals surface area contributed by atoms with Gasteiger partial charge in [-0.15, -0.1) is 0 Å². The van der Waals surface area contributed by atoms with E-state index in [9.17, 15) is 0 Å². The number of pyridine rings is 1. The van der Waals surface area contributed by atoms with E-state index in [1.54, 1.807) is 18.3 Å². The lowest BCUT2D eigenvalue weighted by atomic mass is 10.3. The molecule has 0 aliphatic heterocycles. The number of aliphatic hydroxyl groups is 1. The molecule has 18 heavy (non-hydrogen) atoms. The molecule has 1 aromatic heterocycles. The van der Waals surface area contributed by atoms with Crippen molar-refractivity contribution >= 4 is 0 Å². The van der Waals surface area contributed by atoms with Crippen LogP contribution < -0.4 is 9.47 Å². The van der Waals surface area contributed by atoms with Crippen LogP contribution in [0.4, 0.5) is 0 Å². The van der Waals surface area contributed by atoms with Crippen LogP contribution in [0.5, 0.6) is 17.4 Å². The van der Waals surface area contributed by atoms with Crippen molar-refractivity contribution in [3.8, 4) is 17.4 Å². The topological polar surface area (TPSA) is 51.6 Å². The van der Waals surface area contributed by atoms with Crippen molar-refractivity contribution in [2.45, 2.75) is 13.5 Å². The second-order valence-electron chi connectivity index (χ2n) is 3.67. The van der Waals surface area contributed by atoms with Crippen molar-refractivity contribution in [3.05, 3.63) is 48.2 Å². The van der Waals surface area contributed by atoms with Gasteiger partial charge in [-0.3, -0.25) is 0 Å². The maximum Gasteiger partial charge on any atom is 0.219 e. The van der Waals surface area contributed by atoms with Crippen LogP contribution in [0.1, 0.15) is 12.5 Å². The Hall–Kier alpha value is -2.07. The molecule has 0 radical (unpaired) electrons. The fourth-order valence-corrected chi connectivity index (χ4v) is 1.50. The molecule has 0 unspecified atom stereocenters. The predicted octanol–water partition coefficient (Wildman–Crippen LogP) is 2.76. The summed E-state index contributed by atoms with van der Waals surface area (Å²) in [6.45, 7) is 2.55. The predicted molar refractivity (Wildman–Crippen MR) is 67.8 cm³/mol. The van der Waals surface area contributed by atoms with E-state index in [1.807, 2.05) is 31.2 Å². The molecule has 2 aromatic rings. The number of rotatable bonds is 5. The zero-order valence-electron chi connectivity index (χ0n) is 10.2. The Labute approximate surface area is 106 Å². The normalized spacial score (nSPS) is 10.1. The summed E-state index contributed by atoms with van der Waals surface area (Å²) in [5, 5.41) is 9.02. The first-order chi connectivity index (χ1) is 8.81. The largest absolute Gasteiger partial charge is 0.494 e. The highest BCUT2D eigenvalue weighted by Gasteiger charge is 2.00. The van der Waals surface area contributed by atoms with Crippen LogP contribution in [0.2, 0.25) is 0 Å². The fraction of sp³-hybridized carbons (Fsp3) is 0.214. The Morgan fingerprint density at radius 3 is 2.50 bits per heavy atom. The summed E-state index contributed by atoms with van der Waals surface area (Å²) in [6.07, 6.45) is 1.61. The van der Waals surface area contributed by atoms with Gasteiger partial charge in [0.15, 0.2) is 0 Å². The highest BCUT2D eigenvalue weighted by molar-refractivity contribution is 5.34. The number of aliphatic hydroxyl groups excluding tert-OH is 1. The minimum absolute atomic E-state index is 0.0256. The van der Waals surface area contributed by atoms with Crippen LogP contribution in [-0.2, 0) is 6.61 Å². The summed E-state index contributed by atoms with van der Waals surface area (Å²) in [5.74, 6) is 1.95. The standard InChI is InChI=1S/C14H15NO3/c1-2-17-12-3-5-13(6-4-12)18-14-9-11(10-16)7-8-15-14/h3-9,16H,2,10H2,1H3. The van der Waals surface area contributed by atoms with Gasteiger partial charge < -0.3 is 14.6 Å². The minimum Gasteiger partial charge on any atom is -0.494 e. The van der Waals surface area contributed by atoms with Gasteiger partial charge in [0.2, 0.25) is 5.88 Å². The first-order valence-corrected chi connectivity index (χ1v) is 5.78. The molecule has 0 fully saturated rings. The van der Waals surface area contributed by atoms with Crippen LogP contribution >= 0.6 is 0 Å². The second kappa shape index (κ2) is 6.02. The van der Waals surface area contributed by atoms with Gasteiger partial charge in [0.05, 0.1) is 13.2 Å². The molecule has 94 valence electrons. The van der Waals surface area contributed by atoms with Crippen LogP contribution in [-0.4, -0.2) is 16.7 Å². The SMILES string of the molecule is CCOc1ccc(Oc2cc(CO)ccn2)cc1. The van der Waals surface area contributed by atoms with E-state index in [4.69, 9.17) is 14.6 Å². The molecule has 1 heterocycles. The molecule has 1 aromatic carbocycles. The Morgan fingerprint density at radius 2 is 1.83 bits per heavy atom. The Morgan fingerprint density at radius 1 is 1.11 bits per heavy atom. The van der Waals surface area contributed by atoms with E-state index in [0.29, 0.717) is 18.2 Å². The lowest BCUT2D eigenvalue weighted by molar-refractivity contribution is 0.281. The summed E-state index contributed by atoms with van der Waals surface area (Å²) in [6, 6.07) is 10.8. The molecular weight excluding hydrogens is 230 g/mol. The number of hydrogen-bond donors (Lipinski definition) is 1. The molecule has 4 nitrogen and oxygen atoms in total. The molecule has 0 aliphatic rings. The molecule has 0 amide bonds. The van der Waals surface area contributed by atoms with E-state index < -0.39 is 0 Å². The summed E-state index contributed by atoms with van der Waals surface area (Å²) >= 11 is 0. The monoisotopic (exact) mass is 245 g/mol. The van der Waals surface area contributed by atoms with E-state index in [1.165, 1.54) is 0 Å². The highest BCUT2D eigenvalue weighted by atomic mass is 16.5. The number of nitrogens with zero attached hydrogens (tertiary/aromatic N) is 1. The third kappa shape index (κ3) is 3.21. The quantitative estimate of drug-likeness (QED) is 0.880. The van der Waals surface area contributed by atoms with Gasteiger partial charge in [0.25, 0.3) is 0 Å². The molecule has 0 spiro atoms. The van der Waals surface area contributed by atoms with Crippen LogP contribution in [0, 0.1) is 0 Å². The fourth-order valence-electron chi connectivity index (χ4n) is 1.50. The lowest BCUT2D eigenvalue weighted by Gasteiger charge is -2.07. The second-order valence-corrected chi connectivity index (χ2v) is 3.67. The number of ether oxygens (including phenoxy) is 2. The molecular formula is C14H15NO3. The minimum atomic E-state index is -0.0256. The third-order valence-electron chi connectivity index (χ3n) is 2.34. The molecule has 0 saturated heterocycles. The van der Waals surface area contributed by atoms with E-state index in [-0.39, 0.29) is 6.61 Å². The van der Waals surface area contributed by atoms with Gasteiger partial charge in [-0.05, 0) is 42.8 Å². The average Bonchev–Trinajstić information content (AvgIpc) is 2.42. The van der Waals surface area contributed by atoms with Crippen molar-refractivity contribution in [2.75, 3.05) is 6.61 Å². The third-order valence-corrected chi connectivity index (χ3v) is 2.34. The Kier molecular flexibility index (Phi) is 4.15. The molecule has 2 rings (SSSR count). The lowest BCUT2D eigenvalue weighted by Crippen LogP contribution is -1.92. The molecule has 1 N–H and O–H groups in total. The van der Waals surface area contributed by atoms with Crippen LogP contribution in [0.25, 0.3) is 0 Å². The van der Waals surface area contributed by atoms with Gasteiger partial charge in [-0.25, -0.2) is 4.98 Å². The van der Waals surface area contributed by atoms with Gasteiger partial charge in [0.1, 0.15) is 11.5 Å². The zero-order valence-corrected chi connectivity index (χ0v) is 10.2. The number of aromatic nitrogens is 1. The molecule has 0 aliphatic carbocycles. The van der Waals surface area contributed by atoms with Crippen molar-refractivity contribution in [3.63, 3.8) is 0 Å². The van der Waals surface area contributed by atoms with Gasteiger partial charge >= 0.3 is 0 Å². The van der Waals surface area contributed by atoms with Crippen LogP contribution in [0.15, 0.2) is 42.6 Å². The van der Waals surface area contributed by atoms with Gasteiger partial charge in [-0.1, -0.05) is 0 Å². The number of hydrogen-bond acceptors (Lipinski definition) is 4. The van der Waals surface area contributed by atoms with Crippen molar-refractivity contribution in [1.29, 1.82) is 0 Å². The zero-order chi connectivity index (χ0) is 12.8. The van der Waals surface area contributed by atoms with E-state index in [2.05, 4.69) is 4.98 Å².